The van der Waals surface area contributed by atoms with Gasteiger partial charge in [0.05, 0.1) is 23.1 Å². The number of amides is 1. The molecule has 1 heterocycles. The van der Waals surface area contributed by atoms with E-state index >= 15 is 0 Å². The van der Waals surface area contributed by atoms with Gasteiger partial charge in [0.2, 0.25) is 0 Å². The highest BCUT2D eigenvalue weighted by atomic mass is 16.3. The Morgan fingerprint density at radius 1 is 1.39 bits per heavy atom. The predicted molar refractivity (Wildman–Crippen MR) is 69.4 cm³/mol. The summed E-state index contributed by atoms with van der Waals surface area (Å²) < 4.78 is 0. The van der Waals surface area contributed by atoms with E-state index in [1.54, 1.807) is 12.1 Å². The summed E-state index contributed by atoms with van der Waals surface area (Å²) in [6, 6.07) is 6.79. The van der Waals surface area contributed by atoms with Crippen molar-refractivity contribution in [3.63, 3.8) is 0 Å². The van der Waals surface area contributed by atoms with Crippen LogP contribution >= 0.6 is 0 Å². The number of aryl methyl sites for hydroxylation is 1. The lowest BCUT2D eigenvalue weighted by molar-refractivity contribution is 0.102. The number of pyridine rings is 1. The summed E-state index contributed by atoms with van der Waals surface area (Å²) >= 11 is 0. The van der Waals surface area contributed by atoms with Crippen LogP contribution in [0.1, 0.15) is 15.9 Å². The lowest BCUT2D eigenvalue weighted by Crippen LogP contribution is -2.13. The second kappa shape index (κ2) is 4.75. The van der Waals surface area contributed by atoms with Crippen molar-refractivity contribution in [3.05, 3.63) is 47.8 Å². The molecule has 1 aromatic carbocycles. The van der Waals surface area contributed by atoms with Crippen molar-refractivity contribution in [3.8, 4) is 5.75 Å². The van der Waals surface area contributed by atoms with Crippen LogP contribution in [0, 0.1) is 6.92 Å². The van der Waals surface area contributed by atoms with Crippen LogP contribution in [-0.2, 0) is 0 Å². The fourth-order valence-electron chi connectivity index (χ4n) is 1.55. The van der Waals surface area contributed by atoms with E-state index < -0.39 is 5.91 Å². The molecular formula is C13H13N3O2. The van der Waals surface area contributed by atoms with E-state index in [9.17, 15) is 9.90 Å². The van der Waals surface area contributed by atoms with Crippen molar-refractivity contribution < 1.29 is 9.90 Å². The number of aromatic hydroxyl groups is 1. The van der Waals surface area contributed by atoms with Gasteiger partial charge in [-0.15, -0.1) is 0 Å². The monoisotopic (exact) mass is 243 g/mol. The van der Waals surface area contributed by atoms with Crippen molar-refractivity contribution in [1.29, 1.82) is 0 Å². The number of anilines is 2. The molecule has 0 saturated carbocycles. The molecule has 0 fully saturated rings. The Balaban J connectivity index is 2.27. The first-order valence-corrected chi connectivity index (χ1v) is 5.38. The summed E-state index contributed by atoms with van der Waals surface area (Å²) in [4.78, 5) is 15.7. The first-order valence-electron chi connectivity index (χ1n) is 5.38. The third kappa shape index (κ3) is 2.40. The van der Waals surface area contributed by atoms with Crippen LogP contribution < -0.4 is 11.1 Å². The fourth-order valence-corrected chi connectivity index (χ4v) is 1.55. The highest BCUT2D eigenvalue weighted by Crippen LogP contribution is 2.22. The Morgan fingerprint density at radius 3 is 2.89 bits per heavy atom. The minimum Gasteiger partial charge on any atom is -0.505 e. The van der Waals surface area contributed by atoms with E-state index in [-0.39, 0.29) is 11.3 Å². The molecule has 0 aliphatic heterocycles. The molecule has 0 radical (unpaired) electrons. The molecule has 18 heavy (non-hydrogen) atoms. The highest BCUT2D eigenvalue weighted by molar-refractivity contribution is 6.07. The summed E-state index contributed by atoms with van der Waals surface area (Å²) in [5, 5.41) is 12.2. The zero-order valence-electron chi connectivity index (χ0n) is 9.84. The first kappa shape index (κ1) is 11.9. The standard InChI is InChI=1S/C13H13N3O2/c1-8-2-3-10(14)11(6-8)16-13(18)9-4-5-15-7-12(9)17/h2-7,17H,14H2,1H3,(H,16,18). The van der Waals surface area contributed by atoms with Crippen LogP contribution in [0.25, 0.3) is 0 Å². The summed E-state index contributed by atoms with van der Waals surface area (Å²) in [5.41, 5.74) is 7.91. The number of carbonyl (C=O) groups excluding carboxylic acids is 1. The zero-order valence-corrected chi connectivity index (χ0v) is 9.84. The molecule has 2 aromatic rings. The average molecular weight is 243 g/mol. The van der Waals surface area contributed by atoms with Crippen LogP contribution in [0.2, 0.25) is 0 Å². The largest absolute Gasteiger partial charge is 0.505 e. The van der Waals surface area contributed by atoms with E-state index in [0.29, 0.717) is 11.4 Å². The SMILES string of the molecule is Cc1ccc(N)c(NC(=O)c2ccncc2O)c1. The number of nitrogen functional groups attached to an aromatic ring is 1. The van der Waals surface area contributed by atoms with Crippen molar-refractivity contribution in [1.82, 2.24) is 4.98 Å². The number of nitrogens with zero attached hydrogens (tertiary/aromatic N) is 1. The van der Waals surface area contributed by atoms with Crippen LogP contribution in [0.15, 0.2) is 36.7 Å². The number of carbonyl (C=O) groups is 1. The molecule has 0 unspecified atom stereocenters. The topological polar surface area (TPSA) is 88.2 Å². The molecule has 5 nitrogen and oxygen atoms in total. The number of nitrogens with one attached hydrogen (secondary N) is 1. The van der Waals surface area contributed by atoms with Crippen molar-refractivity contribution >= 4 is 17.3 Å². The van der Waals surface area contributed by atoms with Gasteiger partial charge in [0.1, 0.15) is 5.75 Å². The van der Waals surface area contributed by atoms with E-state index in [1.165, 1.54) is 18.5 Å². The number of benzene rings is 1. The normalized spacial score (nSPS) is 10.1. The summed E-state index contributed by atoms with van der Waals surface area (Å²) in [6.07, 6.45) is 2.66. The van der Waals surface area contributed by atoms with E-state index in [1.807, 2.05) is 13.0 Å². The van der Waals surface area contributed by atoms with E-state index in [0.717, 1.165) is 5.56 Å². The minimum atomic E-state index is -0.424. The van der Waals surface area contributed by atoms with Crippen LogP contribution in [0.4, 0.5) is 11.4 Å². The molecule has 1 aromatic heterocycles. The number of aromatic nitrogens is 1. The summed E-state index contributed by atoms with van der Waals surface area (Å²) in [6.45, 7) is 1.90. The Hall–Kier alpha value is -2.56. The average Bonchev–Trinajstić information content (AvgIpc) is 2.34. The van der Waals surface area contributed by atoms with Gasteiger partial charge in [-0.2, -0.15) is 0 Å². The zero-order chi connectivity index (χ0) is 13.1. The molecule has 1 amide bonds. The number of nitrogens with two attached hydrogens (primary N) is 1. The van der Waals surface area contributed by atoms with Gasteiger partial charge in [0.15, 0.2) is 0 Å². The van der Waals surface area contributed by atoms with Gasteiger partial charge < -0.3 is 16.2 Å². The quantitative estimate of drug-likeness (QED) is 0.703. The molecule has 92 valence electrons. The second-order valence-electron chi connectivity index (χ2n) is 3.94. The third-order valence-electron chi connectivity index (χ3n) is 2.50. The van der Waals surface area contributed by atoms with Gasteiger partial charge in [0.25, 0.3) is 5.91 Å². The lowest BCUT2D eigenvalue weighted by Gasteiger charge is -2.09. The molecule has 0 spiro atoms. The number of hydrogen-bond acceptors (Lipinski definition) is 4. The van der Waals surface area contributed by atoms with Crippen LogP contribution in [0.5, 0.6) is 5.75 Å². The molecule has 0 bridgehead atoms. The molecule has 0 aliphatic rings. The number of hydrogen-bond donors (Lipinski definition) is 3. The lowest BCUT2D eigenvalue weighted by atomic mass is 10.1. The van der Waals surface area contributed by atoms with Gasteiger partial charge >= 0.3 is 0 Å². The maximum atomic E-state index is 11.9. The third-order valence-corrected chi connectivity index (χ3v) is 2.50. The van der Waals surface area contributed by atoms with Gasteiger partial charge in [-0.1, -0.05) is 6.07 Å². The Morgan fingerprint density at radius 2 is 2.17 bits per heavy atom. The van der Waals surface area contributed by atoms with Crippen LogP contribution in [-0.4, -0.2) is 16.0 Å². The van der Waals surface area contributed by atoms with Gasteiger partial charge in [0, 0.05) is 6.20 Å². The maximum absolute atomic E-state index is 11.9. The fraction of sp³-hybridized carbons (Fsp3) is 0.0769. The maximum Gasteiger partial charge on any atom is 0.259 e. The number of rotatable bonds is 2. The molecule has 2 rings (SSSR count). The van der Waals surface area contributed by atoms with E-state index in [4.69, 9.17) is 5.73 Å². The van der Waals surface area contributed by atoms with Crippen molar-refractivity contribution in [2.75, 3.05) is 11.1 Å². The van der Waals surface area contributed by atoms with Crippen molar-refractivity contribution in [2.45, 2.75) is 6.92 Å². The second-order valence-corrected chi connectivity index (χ2v) is 3.94. The predicted octanol–water partition coefficient (Wildman–Crippen LogP) is 1.93. The molecule has 4 N–H and O–H groups in total. The Labute approximate surface area is 104 Å². The molecule has 0 saturated heterocycles. The van der Waals surface area contributed by atoms with Crippen LogP contribution in [0.3, 0.4) is 0 Å². The summed E-state index contributed by atoms with van der Waals surface area (Å²) in [5.74, 6) is -0.589. The van der Waals surface area contributed by atoms with Crippen molar-refractivity contribution in [2.24, 2.45) is 0 Å². The molecule has 0 atom stereocenters. The first-order chi connectivity index (χ1) is 8.58. The Bertz CT molecular complexity index is 597. The minimum absolute atomic E-state index is 0.158. The molecule has 5 heteroatoms. The smallest absolute Gasteiger partial charge is 0.259 e. The van der Waals surface area contributed by atoms with Gasteiger partial charge in [-0.3, -0.25) is 9.78 Å². The molecule has 0 aliphatic carbocycles. The Kier molecular flexibility index (Phi) is 3.14. The van der Waals surface area contributed by atoms with Gasteiger partial charge in [-0.05, 0) is 30.7 Å². The van der Waals surface area contributed by atoms with Gasteiger partial charge in [-0.25, -0.2) is 0 Å². The highest BCUT2D eigenvalue weighted by Gasteiger charge is 2.12. The van der Waals surface area contributed by atoms with E-state index in [2.05, 4.69) is 10.3 Å². The molecular weight excluding hydrogens is 230 g/mol. The summed E-state index contributed by atoms with van der Waals surface area (Å²) in [7, 11) is 0.